The summed E-state index contributed by atoms with van der Waals surface area (Å²) in [6, 6.07) is 5.95. The Morgan fingerprint density at radius 3 is 2.65 bits per heavy atom. The quantitative estimate of drug-likeness (QED) is 0.941. The molecule has 6 heteroatoms. The first-order chi connectivity index (χ1) is 11.1. The van der Waals surface area contributed by atoms with Gasteiger partial charge in [-0.1, -0.05) is 12.1 Å². The molecule has 0 aliphatic carbocycles. The lowest BCUT2D eigenvalue weighted by Gasteiger charge is -2.27. The maximum absolute atomic E-state index is 12.3. The normalized spacial score (nSPS) is 14.6. The Bertz CT molecular complexity index is 694. The molecule has 2 heterocycles. The number of anilines is 2. The van der Waals surface area contributed by atoms with Crippen LogP contribution in [0.4, 0.5) is 11.5 Å². The highest BCUT2D eigenvalue weighted by atomic mass is 16.5. The van der Waals surface area contributed by atoms with Gasteiger partial charge >= 0.3 is 0 Å². The van der Waals surface area contributed by atoms with Crippen molar-refractivity contribution in [3.8, 4) is 0 Å². The molecule has 1 fully saturated rings. The van der Waals surface area contributed by atoms with Crippen molar-refractivity contribution in [2.75, 3.05) is 36.5 Å². The molecule has 1 aliphatic rings. The zero-order chi connectivity index (χ0) is 16.2. The summed E-state index contributed by atoms with van der Waals surface area (Å²) < 4.78 is 5.32. The highest BCUT2D eigenvalue weighted by Gasteiger charge is 2.15. The summed E-state index contributed by atoms with van der Waals surface area (Å²) in [6.07, 6.45) is 3.16. The summed E-state index contributed by atoms with van der Waals surface area (Å²) in [6.45, 7) is 6.92. The van der Waals surface area contributed by atoms with E-state index in [-0.39, 0.29) is 5.91 Å². The van der Waals surface area contributed by atoms with Crippen molar-refractivity contribution >= 4 is 17.4 Å². The van der Waals surface area contributed by atoms with Crippen LogP contribution >= 0.6 is 0 Å². The molecule has 0 unspecified atom stereocenters. The molecule has 23 heavy (non-hydrogen) atoms. The number of aryl methyl sites for hydroxylation is 2. The van der Waals surface area contributed by atoms with E-state index >= 15 is 0 Å². The number of nitrogens with one attached hydrogen (secondary N) is 1. The maximum Gasteiger partial charge on any atom is 0.275 e. The van der Waals surface area contributed by atoms with Gasteiger partial charge in [-0.3, -0.25) is 4.79 Å². The van der Waals surface area contributed by atoms with E-state index in [0.29, 0.717) is 18.9 Å². The predicted molar refractivity (Wildman–Crippen MR) is 88.9 cm³/mol. The number of ether oxygens (including phenoxy) is 1. The molecule has 3 rings (SSSR count). The van der Waals surface area contributed by atoms with Crippen molar-refractivity contribution in [1.29, 1.82) is 0 Å². The average Bonchev–Trinajstić information content (AvgIpc) is 2.59. The van der Waals surface area contributed by atoms with Gasteiger partial charge in [0.2, 0.25) is 0 Å². The van der Waals surface area contributed by atoms with Crippen LogP contribution in [0.25, 0.3) is 0 Å². The van der Waals surface area contributed by atoms with Gasteiger partial charge in [0.1, 0.15) is 11.5 Å². The van der Waals surface area contributed by atoms with E-state index in [4.69, 9.17) is 4.74 Å². The molecule has 1 N–H and O–H groups in total. The Balaban J connectivity index is 1.71. The van der Waals surface area contributed by atoms with Crippen LogP contribution in [0.3, 0.4) is 0 Å². The van der Waals surface area contributed by atoms with Crippen LogP contribution in [-0.4, -0.2) is 42.2 Å². The van der Waals surface area contributed by atoms with Crippen molar-refractivity contribution in [1.82, 2.24) is 9.97 Å². The van der Waals surface area contributed by atoms with Crippen molar-refractivity contribution in [3.63, 3.8) is 0 Å². The molecule has 2 aromatic rings. The van der Waals surface area contributed by atoms with E-state index in [1.165, 1.54) is 6.20 Å². The van der Waals surface area contributed by atoms with Gasteiger partial charge in [0.25, 0.3) is 5.91 Å². The number of hydrogen-bond acceptors (Lipinski definition) is 5. The number of rotatable bonds is 3. The third kappa shape index (κ3) is 3.65. The standard InChI is InChI=1S/C17H20N4O2/c1-12-3-4-13(2)14(9-12)20-17(22)15-10-19-16(11-18-15)21-5-7-23-8-6-21/h3-4,9-11H,5-8H2,1-2H3,(H,20,22). The summed E-state index contributed by atoms with van der Waals surface area (Å²) in [7, 11) is 0. The Kier molecular flexibility index (Phi) is 4.52. The summed E-state index contributed by atoms with van der Waals surface area (Å²) in [5.74, 6) is 0.524. The third-order valence-electron chi connectivity index (χ3n) is 3.85. The molecule has 120 valence electrons. The fraction of sp³-hybridized carbons (Fsp3) is 0.353. The minimum Gasteiger partial charge on any atom is -0.378 e. The summed E-state index contributed by atoms with van der Waals surface area (Å²) in [4.78, 5) is 23.0. The fourth-order valence-electron chi connectivity index (χ4n) is 2.45. The second-order valence-corrected chi connectivity index (χ2v) is 5.63. The van der Waals surface area contributed by atoms with Crippen LogP contribution in [-0.2, 0) is 4.74 Å². The minimum absolute atomic E-state index is 0.250. The van der Waals surface area contributed by atoms with Gasteiger partial charge in [-0.25, -0.2) is 9.97 Å². The largest absolute Gasteiger partial charge is 0.378 e. The first kappa shape index (κ1) is 15.4. The van der Waals surface area contributed by atoms with Gasteiger partial charge < -0.3 is 15.0 Å². The van der Waals surface area contributed by atoms with Gasteiger partial charge in [0, 0.05) is 18.8 Å². The van der Waals surface area contributed by atoms with Crippen LogP contribution in [0.1, 0.15) is 21.6 Å². The molecule has 0 atom stereocenters. The Morgan fingerprint density at radius 2 is 1.96 bits per heavy atom. The molecular formula is C17H20N4O2. The minimum atomic E-state index is -0.250. The Morgan fingerprint density at radius 1 is 1.17 bits per heavy atom. The number of amides is 1. The lowest BCUT2D eigenvalue weighted by molar-refractivity contribution is 0.102. The highest BCUT2D eigenvalue weighted by molar-refractivity contribution is 6.03. The van der Waals surface area contributed by atoms with Crippen LogP contribution in [0, 0.1) is 13.8 Å². The van der Waals surface area contributed by atoms with Crippen LogP contribution in [0.2, 0.25) is 0 Å². The van der Waals surface area contributed by atoms with Gasteiger partial charge in [0.15, 0.2) is 0 Å². The molecule has 1 aliphatic heterocycles. The molecule has 1 aromatic heterocycles. The van der Waals surface area contributed by atoms with Crippen molar-refractivity contribution < 1.29 is 9.53 Å². The van der Waals surface area contributed by atoms with E-state index in [1.54, 1.807) is 6.20 Å². The van der Waals surface area contributed by atoms with Crippen LogP contribution < -0.4 is 10.2 Å². The van der Waals surface area contributed by atoms with Gasteiger partial charge in [-0.05, 0) is 31.0 Å². The molecular weight excluding hydrogens is 292 g/mol. The Labute approximate surface area is 135 Å². The third-order valence-corrected chi connectivity index (χ3v) is 3.85. The summed E-state index contributed by atoms with van der Waals surface area (Å²) >= 11 is 0. The number of morpholine rings is 1. The molecule has 0 radical (unpaired) electrons. The number of nitrogens with zero attached hydrogens (tertiary/aromatic N) is 3. The molecule has 1 saturated heterocycles. The lowest BCUT2D eigenvalue weighted by atomic mass is 10.1. The number of carbonyl (C=O) groups is 1. The number of carbonyl (C=O) groups excluding carboxylic acids is 1. The highest BCUT2D eigenvalue weighted by Crippen LogP contribution is 2.17. The fourth-order valence-corrected chi connectivity index (χ4v) is 2.45. The number of benzene rings is 1. The molecule has 1 aromatic carbocycles. The van der Waals surface area contributed by atoms with Crippen LogP contribution in [0.15, 0.2) is 30.6 Å². The Hall–Kier alpha value is -2.47. The topological polar surface area (TPSA) is 67.4 Å². The molecule has 1 amide bonds. The van der Waals surface area contributed by atoms with Crippen LogP contribution in [0.5, 0.6) is 0 Å². The predicted octanol–water partition coefficient (Wildman–Crippen LogP) is 2.18. The zero-order valence-corrected chi connectivity index (χ0v) is 13.4. The SMILES string of the molecule is Cc1ccc(C)c(NC(=O)c2cnc(N3CCOCC3)cn2)c1. The van der Waals surface area contributed by atoms with Crippen molar-refractivity contribution in [2.24, 2.45) is 0 Å². The van der Waals surface area contributed by atoms with Gasteiger partial charge in [-0.2, -0.15) is 0 Å². The average molecular weight is 312 g/mol. The van der Waals surface area contributed by atoms with E-state index in [2.05, 4.69) is 20.2 Å². The molecule has 6 nitrogen and oxygen atoms in total. The maximum atomic E-state index is 12.3. The molecule has 0 bridgehead atoms. The van der Waals surface area contributed by atoms with Crippen molar-refractivity contribution in [2.45, 2.75) is 13.8 Å². The lowest BCUT2D eigenvalue weighted by Crippen LogP contribution is -2.36. The summed E-state index contributed by atoms with van der Waals surface area (Å²) in [5.41, 5.74) is 3.22. The van der Waals surface area contributed by atoms with E-state index in [9.17, 15) is 4.79 Å². The second kappa shape index (κ2) is 6.75. The first-order valence-corrected chi connectivity index (χ1v) is 7.67. The smallest absolute Gasteiger partial charge is 0.275 e. The van der Waals surface area contributed by atoms with E-state index in [0.717, 1.165) is 35.7 Å². The molecule has 0 saturated carbocycles. The van der Waals surface area contributed by atoms with E-state index in [1.807, 2.05) is 32.0 Å². The second-order valence-electron chi connectivity index (χ2n) is 5.63. The van der Waals surface area contributed by atoms with E-state index < -0.39 is 0 Å². The summed E-state index contributed by atoms with van der Waals surface area (Å²) in [5, 5.41) is 2.89. The number of hydrogen-bond donors (Lipinski definition) is 1. The first-order valence-electron chi connectivity index (χ1n) is 7.67. The number of aromatic nitrogens is 2. The zero-order valence-electron chi connectivity index (χ0n) is 13.4. The molecule has 0 spiro atoms. The monoisotopic (exact) mass is 312 g/mol. The van der Waals surface area contributed by atoms with Gasteiger partial charge in [-0.15, -0.1) is 0 Å². The van der Waals surface area contributed by atoms with Crippen molar-refractivity contribution in [3.05, 3.63) is 47.4 Å². The van der Waals surface area contributed by atoms with Gasteiger partial charge in [0.05, 0.1) is 25.6 Å².